The third-order valence-corrected chi connectivity index (χ3v) is 5.02. The van der Waals surface area contributed by atoms with Crippen molar-refractivity contribution in [3.63, 3.8) is 0 Å². The van der Waals surface area contributed by atoms with Crippen LogP contribution in [0.4, 0.5) is 0 Å². The van der Waals surface area contributed by atoms with Gasteiger partial charge < -0.3 is 33.2 Å². The molecule has 0 saturated carbocycles. The minimum atomic E-state index is -1.00. The Balaban J connectivity index is 1.45. The molecular formula is C20H28O7. The molecule has 27 heavy (non-hydrogen) atoms. The van der Waals surface area contributed by atoms with Gasteiger partial charge in [-0.15, -0.1) is 0 Å². The van der Waals surface area contributed by atoms with Crippen LogP contribution < -0.4 is 4.74 Å². The van der Waals surface area contributed by atoms with Crippen LogP contribution in [0.5, 0.6) is 5.75 Å². The van der Waals surface area contributed by atoms with Gasteiger partial charge in [-0.3, -0.25) is 0 Å². The first kappa shape index (κ1) is 19.1. The Morgan fingerprint density at radius 3 is 2.44 bits per heavy atom. The Labute approximate surface area is 159 Å². The molecule has 4 atom stereocenters. The molecule has 0 aliphatic carbocycles. The molecule has 0 N–H and O–H groups in total. The third kappa shape index (κ3) is 3.72. The van der Waals surface area contributed by atoms with Gasteiger partial charge in [0.25, 0.3) is 0 Å². The summed E-state index contributed by atoms with van der Waals surface area (Å²) in [5.74, 6) is -1.64. The van der Waals surface area contributed by atoms with Crippen LogP contribution in [-0.4, -0.2) is 56.0 Å². The fourth-order valence-electron chi connectivity index (χ4n) is 3.91. The van der Waals surface area contributed by atoms with Crippen molar-refractivity contribution in [1.29, 1.82) is 0 Å². The number of ether oxygens (including phenoxy) is 7. The Bertz CT molecular complexity index is 671. The fourth-order valence-corrected chi connectivity index (χ4v) is 3.91. The number of hydrogen-bond acceptors (Lipinski definition) is 7. The van der Waals surface area contributed by atoms with Crippen LogP contribution in [0.2, 0.25) is 0 Å². The van der Waals surface area contributed by atoms with Crippen LogP contribution in [0.25, 0.3) is 0 Å². The van der Waals surface area contributed by atoms with Crippen molar-refractivity contribution in [3.8, 4) is 5.75 Å². The molecule has 0 amide bonds. The summed E-state index contributed by atoms with van der Waals surface area (Å²) >= 11 is 0. The van der Waals surface area contributed by atoms with E-state index in [1.165, 1.54) is 0 Å². The first-order valence-corrected chi connectivity index (χ1v) is 9.30. The maximum atomic E-state index is 6.24. The summed E-state index contributed by atoms with van der Waals surface area (Å²) in [6.45, 7) is 8.64. The standard InChI is InChI=1S/C20H28O7/c1-18(2)23-11-15-16(25-18)17-20(24-15,27-19(3,4)26-17)12-22-10-13-6-8-14(21-5)9-7-13/h6-9,15-17H,10-12H2,1-5H3/t15?,16?,17?,20-/m0/s1. The van der Waals surface area contributed by atoms with Gasteiger partial charge in [-0.2, -0.15) is 0 Å². The molecular weight excluding hydrogens is 352 g/mol. The highest BCUT2D eigenvalue weighted by atomic mass is 16.9. The smallest absolute Gasteiger partial charge is 0.224 e. The molecule has 150 valence electrons. The van der Waals surface area contributed by atoms with Gasteiger partial charge >= 0.3 is 0 Å². The van der Waals surface area contributed by atoms with Crippen molar-refractivity contribution in [2.45, 2.75) is 70.0 Å². The molecule has 3 aliphatic heterocycles. The SMILES string of the molecule is COc1ccc(COC[C@@]23OC4COC(C)(C)OC4C2OC(C)(C)O3)cc1. The predicted molar refractivity (Wildman–Crippen MR) is 95.2 cm³/mol. The van der Waals surface area contributed by atoms with Crippen molar-refractivity contribution in [2.24, 2.45) is 0 Å². The Morgan fingerprint density at radius 1 is 1.00 bits per heavy atom. The summed E-state index contributed by atoms with van der Waals surface area (Å²) in [4.78, 5) is 0. The van der Waals surface area contributed by atoms with E-state index < -0.39 is 17.4 Å². The Hall–Kier alpha value is -1.22. The van der Waals surface area contributed by atoms with Crippen LogP contribution in [0.1, 0.15) is 33.3 Å². The number of fused-ring (bicyclic) bond motifs is 3. The maximum Gasteiger partial charge on any atom is 0.224 e. The number of hydrogen-bond donors (Lipinski definition) is 0. The first-order chi connectivity index (χ1) is 12.7. The van der Waals surface area contributed by atoms with E-state index in [2.05, 4.69) is 0 Å². The second kappa shape index (κ2) is 6.69. The lowest BCUT2D eigenvalue weighted by molar-refractivity contribution is -0.331. The lowest BCUT2D eigenvalue weighted by Gasteiger charge is -2.38. The lowest BCUT2D eigenvalue weighted by atomic mass is 10.0. The van der Waals surface area contributed by atoms with Crippen molar-refractivity contribution in [1.82, 2.24) is 0 Å². The summed E-state index contributed by atoms with van der Waals surface area (Å²) in [6, 6.07) is 7.76. The minimum Gasteiger partial charge on any atom is -0.497 e. The number of methoxy groups -OCH3 is 1. The number of benzene rings is 1. The average molecular weight is 380 g/mol. The molecule has 3 aliphatic rings. The monoisotopic (exact) mass is 380 g/mol. The largest absolute Gasteiger partial charge is 0.497 e. The van der Waals surface area contributed by atoms with E-state index in [4.69, 9.17) is 33.2 Å². The molecule has 0 aromatic heterocycles. The van der Waals surface area contributed by atoms with E-state index >= 15 is 0 Å². The molecule has 3 heterocycles. The van der Waals surface area contributed by atoms with Crippen LogP contribution in [0.15, 0.2) is 24.3 Å². The van der Waals surface area contributed by atoms with Crippen LogP contribution >= 0.6 is 0 Å². The maximum absolute atomic E-state index is 6.24. The molecule has 0 bridgehead atoms. The predicted octanol–water partition coefficient (Wildman–Crippen LogP) is 2.61. The van der Waals surface area contributed by atoms with Gasteiger partial charge in [-0.1, -0.05) is 12.1 Å². The van der Waals surface area contributed by atoms with Crippen LogP contribution in [-0.2, 0) is 35.0 Å². The molecule has 4 rings (SSSR count). The van der Waals surface area contributed by atoms with Crippen LogP contribution in [0.3, 0.4) is 0 Å². The minimum absolute atomic E-state index is 0.240. The van der Waals surface area contributed by atoms with E-state index in [1.807, 2.05) is 52.0 Å². The summed E-state index contributed by atoms with van der Waals surface area (Å²) in [5, 5.41) is 0. The van der Waals surface area contributed by atoms with Crippen molar-refractivity contribution in [3.05, 3.63) is 29.8 Å². The Morgan fingerprint density at radius 2 is 1.74 bits per heavy atom. The molecule has 3 unspecified atom stereocenters. The molecule has 7 heteroatoms. The quantitative estimate of drug-likeness (QED) is 0.778. The second-order valence-electron chi connectivity index (χ2n) is 8.14. The van der Waals surface area contributed by atoms with Gasteiger partial charge in [0.2, 0.25) is 5.79 Å². The topological polar surface area (TPSA) is 64.6 Å². The Kier molecular flexibility index (Phi) is 4.73. The first-order valence-electron chi connectivity index (χ1n) is 9.30. The van der Waals surface area contributed by atoms with Crippen LogP contribution in [0, 0.1) is 0 Å². The normalized spacial score (nSPS) is 36.3. The number of rotatable bonds is 5. The second-order valence-corrected chi connectivity index (χ2v) is 8.14. The fraction of sp³-hybridized carbons (Fsp3) is 0.700. The zero-order valence-electron chi connectivity index (χ0n) is 16.5. The van der Waals surface area contributed by atoms with Gasteiger partial charge in [0, 0.05) is 0 Å². The summed E-state index contributed by atoms with van der Waals surface area (Å²) < 4.78 is 41.5. The molecule has 3 fully saturated rings. The average Bonchev–Trinajstić information content (AvgIpc) is 3.02. The lowest BCUT2D eigenvalue weighted by Crippen LogP contribution is -2.51. The highest BCUT2D eigenvalue weighted by molar-refractivity contribution is 5.26. The van der Waals surface area contributed by atoms with Crippen molar-refractivity contribution < 1.29 is 33.2 Å². The molecule has 1 aromatic rings. The van der Waals surface area contributed by atoms with Gasteiger partial charge in [-0.05, 0) is 45.4 Å². The zero-order chi connectivity index (χ0) is 19.3. The van der Waals surface area contributed by atoms with E-state index in [9.17, 15) is 0 Å². The summed E-state index contributed by atoms with van der Waals surface area (Å²) in [5.41, 5.74) is 1.04. The van der Waals surface area contributed by atoms with Crippen molar-refractivity contribution >= 4 is 0 Å². The van der Waals surface area contributed by atoms with Gasteiger partial charge in [0.05, 0.1) is 20.3 Å². The van der Waals surface area contributed by atoms with E-state index in [0.717, 1.165) is 11.3 Å². The molecule has 7 nitrogen and oxygen atoms in total. The van der Waals surface area contributed by atoms with E-state index in [1.54, 1.807) is 7.11 Å². The van der Waals surface area contributed by atoms with Gasteiger partial charge in [0.15, 0.2) is 11.6 Å². The van der Waals surface area contributed by atoms with Gasteiger partial charge in [0.1, 0.15) is 30.7 Å². The zero-order valence-corrected chi connectivity index (χ0v) is 16.5. The molecule has 0 spiro atoms. The molecule has 0 radical (unpaired) electrons. The van der Waals surface area contributed by atoms with Crippen molar-refractivity contribution in [2.75, 3.05) is 20.3 Å². The molecule has 3 saturated heterocycles. The van der Waals surface area contributed by atoms with E-state index in [0.29, 0.717) is 13.2 Å². The highest BCUT2D eigenvalue weighted by Crippen LogP contribution is 2.49. The van der Waals surface area contributed by atoms with Gasteiger partial charge in [-0.25, -0.2) is 0 Å². The van der Waals surface area contributed by atoms with E-state index in [-0.39, 0.29) is 24.9 Å². The highest BCUT2D eigenvalue weighted by Gasteiger charge is 2.67. The third-order valence-electron chi connectivity index (χ3n) is 5.02. The molecule has 1 aromatic carbocycles. The summed E-state index contributed by atoms with van der Waals surface area (Å²) in [7, 11) is 1.65. The summed E-state index contributed by atoms with van der Waals surface area (Å²) in [6.07, 6.45) is -0.889.